The lowest BCUT2D eigenvalue weighted by Crippen LogP contribution is -2.70. The molecule has 5 aliphatic rings. The number of hydrogen-bond acceptors (Lipinski definition) is 28. The molecule has 5 heterocycles. The quantitative estimate of drug-likeness (QED) is 0.0683. The molecular formula is C34H59NO28. The van der Waals surface area contributed by atoms with Crippen LogP contribution >= 0.6 is 0 Å². The zero-order valence-electron chi connectivity index (χ0n) is 33.3. The van der Waals surface area contributed by atoms with Gasteiger partial charge >= 0.3 is 0 Å². The number of rotatable bonds is 16. The summed E-state index contributed by atoms with van der Waals surface area (Å²) in [7, 11) is 0. The van der Waals surface area contributed by atoms with E-state index in [1.54, 1.807) is 0 Å². The van der Waals surface area contributed by atoms with E-state index >= 15 is 0 Å². The molecule has 1 amide bonds. The van der Waals surface area contributed by atoms with Crippen molar-refractivity contribution in [3.05, 3.63) is 0 Å². The van der Waals surface area contributed by atoms with Crippen molar-refractivity contribution >= 4 is 5.91 Å². The smallest absolute Gasteiger partial charge is 0.217 e. The number of aliphatic hydroxyl groups excluding tert-OH is 18. The first-order valence-corrected chi connectivity index (χ1v) is 19.8. The van der Waals surface area contributed by atoms with Crippen LogP contribution < -0.4 is 5.32 Å². The zero-order valence-corrected chi connectivity index (χ0v) is 33.3. The third-order valence-electron chi connectivity index (χ3n) is 11.4. The fraction of sp³-hybridized carbons (Fsp3) is 0.971. The van der Waals surface area contributed by atoms with Crippen LogP contribution in [0.3, 0.4) is 0 Å². The predicted molar refractivity (Wildman–Crippen MR) is 190 cm³/mol. The molecule has 5 aliphatic heterocycles. The van der Waals surface area contributed by atoms with Crippen molar-refractivity contribution in [2.45, 2.75) is 173 Å². The molecule has 0 bridgehead atoms. The summed E-state index contributed by atoms with van der Waals surface area (Å²) in [6.07, 6.45) is -52.2. The van der Waals surface area contributed by atoms with E-state index in [-0.39, 0.29) is 0 Å². The van der Waals surface area contributed by atoms with Gasteiger partial charge in [-0.15, -0.1) is 0 Å². The third-order valence-corrected chi connectivity index (χ3v) is 11.4. The molecule has 29 nitrogen and oxygen atoms in total. The van der Waals surface area contributed by atoms with Crippen LogP contribution in [0.25, 0.3) is 0 Å². The number of ether oxygens (including phenoxy) is 9. The van der Waals surface area contributed by atoms with Crippen LogP contribution in [0.1, 0.15) is 6.92 Å². The first-order chi connectivity index (χ1) is 29.7. The molecule has 0 radical (unpaired) electrons. The monoisotopic (exact) mass is 929 g/mol. The van der Waals surface area contributed by atoms with Gasteiger partial charge in [0, 0.05) is 6.92 Å². The Kier molecular flexibility index (Phi) is 18.7. The molecule has 0 aromatic rings. The molecule has 5 fully saturated rings. The minimum Gasteiger partial charge on any atom is -0.394 e. The molecule has 5 rings (SSSR count). The molecule has 63 heavy (non-hydrogen) atoms. The maximum absolute atomic E-state index is 12.1. The molecular weight excluding hydrogens is 870 g/mol. The highest BCUT2D eigenvalue weighted by atomic mass is 16.8. The van der Waals surface area contributed by atoms with Gasteiger partial charge in [0.25, 0.3) is 0 Å². The van der Waals surface area contributed by atoms with E-state index < -0.39 is 205 Å². The van der Waals surface area contributed by atoms with Gasteiger partial charge in [-0.3, -0.25) is 4.79 Å². The molecule has 0 aromatic heterocycles. The number of aliphatic hydroxyl groups is 18. The van der Waals surface area contributed by atoms with E-state index in [1.807, 2.05) is 0 Å². The molecule has 0 aliphatic carbocycles. The molecule has 29 heteroatoms. The number of hydrogen-bond donors (Lipinski definition) is 19. The topological polar surface area (TPSA) is 476 Å². The van der Waals surface area contributed by atoms with Gasteiger partial charge in [-0.05, 0) is 0 Å². The number of nitrogens with one attached hydrogen (secondary N) is 1. The number of amides is 1. The van der Waals surface area contributed by atoms with Crippen molar-refractivity contribution in [2.75, 3.05) is 33.0 Å². The molecule has 0 spiro atoms. The number of carbonyl (C=O) groups is 1. The van der Waals surface area contributed by atoms with Crippen molar-refractivity contribution in [1.29, 1.82) is 0 Å². The lowest BCUT2D eigenvalue weighted by Gasteiger charge is -2.51. The summed E-state index contributed by atoms with van der Waals surface area (Å²) in [6, 6.07) is -1.67. The van der Waals surface area contributed by atoms with Crippen LogP contribution in [0, 0.1) is 0 Å². The minimum absolute atomic E-state index is 0.800. The normalized spacial score (nSPS) is 49.5. The summed E-state index contributed by atoms with van der Waals surface area (Å²) in [5.74, 6) is -0.800. The average Bonchev–Trinajstić information content (AvgIpc) is 3.26. The van der Waals surface area contributed by atoms with Gasteiger partial charge in [0.1, 0.15) is 134 Å². The second-order valence-electron chi connectivity index (χ2n) is 15.7. The predicted octanol–water partition coefficient (Wildman–Crippen LogP) is -13.1. The Bertz CT molecular complexity index is 1420. The highest BCUT2D eigenvalue weighted by Gasteiger charge is 2.58. The van der Waals surface area contributed by atoms with Crippen molar-refractivity contribution < 1.29 is 139 Å². The second kappa shape index (κ2) is 22.5. The molecule has 5 saturated heterocycles. The maximum Gasteiger partial charge on any atom is 0.217 e. The zero-order chi connectivity index (χ0) is 46.8. The largest absolute Gasteiger partial charge is 0.394 e. The van der Waals surface area contributed by atoms with Crippen LogP contribution in [0.4, 0.5) is 0 Å². The van der Waals surface area contributed by atoms with E-state index in [4.69, 9.17) is 42.6 Å². The SMILES string of the molecule is CC(=O)N[C@H]1[C@@H](O[C@@H]2[C@@H](O[C@@H]3[C@H](O)[C@@H](O)O[C@H]([C@@H](O)CO)[C@H]3O[C@@H]3O[C@H](CO)[C@@H](O[C@@H]4O[C@H](CO)[C@H](O)[C@H](O)[C@H]4O)[C@H](O)[C@H]3O)O[C@H]([C@@H](O)CO)[C@@H](O)[C@@H]2O)O[C@H](CO)[C@@H](O)[C@@H]1O. The van der Waals surface area contributed by atoms with Crippen LogP contribution in [-0.2, 0) is 47.4 Å². The highest BCUT2D eigenvalue weighted by Crippen LogP contribution is 2.37. The number of carbonyl (C=O) groups excluding carboxylic acids is 1. The summed E-state index contributed by atoms with van der Waals surface area (Å²) in [5, 5.41) is 192. The Balaban J connectivity index is 1.47. The molecule has 0 unspecified atom stereocenters. The molecule has 19 N–H and O–H groups in total. The van der Waals surface area contributed by atoms with Crippen molar-refractivity contribution in [3.63, 3.8) is 0 Å². The van der Waals surface area contributed by atoms with Crippen molar-refractivity contribution in [1.82, 2.24) is 5.32 Å². The highest BCUT2D eigenvalue weighted by molar-refractivity contribution is 5.73. The molecule has 368 valence electrons. The van der Waals surface area contributed by atoms with E-state index in [1.165, 1.54) is 0 Å². The lowest BCUT2D eigenvalue weighted by molar-refractivity contribution is -0.405. The average molecular weight is 930 g/mol. The van der Waals surface area contributed by atoms with Crippen LogP contribution in [0.15, 0.2) is 0 Å². The van der Waals surface area contributed by atoms with Crippen LogP contribution in [0.2, 0.25) is 0 Å². The van der Waals surface area contributed by atoms with Gasteiger partial charge < -0.3 is 140 Å². The summed E-state index contributed by atoms with van der Waals surface area (Å²) in [4.78, 5) is 12.1. The first kappa shape index (κ1) is 52.4. The summed E-state index contributed by atoms with van der Waals surface area (Å²) >= 11 is 0. The van der Waals surface area contributed by atoms with E-state index in [0.29, 0.717) is 0 Å². The first-order valence-electron chi connectivity index (χ1n) is 19.8. The third kappa shape index (κ3) is 11.1. The lowest BCUT2D eigenvalue weighted by atomic mass is 9.92. The van der Waals surface area contributed by atoms with Gasteiger partial charge in [0.05, 0.1) is 33.0 Å². The van der Waals surface area contributed by atoms with Crippen LogP contribution in [0.5, 0.6) is 0 Å². The Labute approximate surface area is 356 Å². The fourth-order valence-electron chi connectivity index (χ4n) is 7.85. The van der Waals surface area contributed by atoms with Gasteiger partial charge in [0.2, 0.25) is 5.91 Å². The summed E-state index contributed by atoms with van der Waals surface area (Å²) in [5.41, 5.74) is 0. The van der Waals surface area contributed by atoms with Gasteiger partial charge in [-0.1, -0.05) is 0 Å². The Morgan fingerprint density at radius 3 is 1.48 bits per heavy atom. The maximum atomic E-state index is 12.1. The second-order valence-corrected chi connectivity index (χ2v) is 15.7. The summed E-state index contributed by atoms with van der Waals surface area (Å²) < 4.78 is 50.8. The van der Waals surface area contributed by atoms with Gasteiger partial charge in [0.15, 0.2) is 31.5 Å². The van der Waals surface area contributed by atoms with E-state index in [0.717, 1.165) is 6.92 Å². The minimum atomic E-state index is -2.32. The fourth-order valence-corrected chi connectivity index (χ4v) is 7.85. The van der Waals surface area contributed by atoms with Crippen molar-refractivity contribution in [3.8, 4) is 0 Å². The Hall–Kier alpha value is -1.61. The Morgan fingerprint density at radius 2 is 0.921 bits per heavy atom. The van der Waals surface area contributed by atoms with Gasteiger partial charge in [-0.25, -0.2) is 0 Å². The molecule has 27 atom stereocenters. The standard InChI is InChI=1S/C34H59NO28/c1-7(41)35-13-16(46)14(44)10(4-38)55-31(13)62-28-19(49)18(48)24(8(42)2-36)59-34(28)61-27-23(53)30(54)58-25(9(43)3-37)29(27)63-33-22(52)20(50)26(12(6-40)57-33)60-32-21(51)17(47)15(45)11(5-39)56-32/h8-34,36-40,42-54H,2-6H2,1H3,(H,35,41)/t8-,9-,10+,11+,12+,13+,14+,15-,16+,17-,18-,19-,20+,21+,22+,23-,24+,25+,26+,27+,28-,29+,30-,31+,32-,33-,34+/m0/s1. The molecule has 0 aromatic carbocycles. The van der Waals surface area contributed by atoms with Gasteiger partial charge in [-0.2, -0.15) is 0 Å². The summed E-state index contributed by atoms with van der Waals surface area (Å²) in [6.45, 7) is -4.06. The molecule has 0 saturated carbocycles. The van der Waals surface area contributed by atoms with E-state index in [9.17, 15) is 96.7 Å². The Morgan fingerprint density at radius 1 is 0.460 bits per heavy atom. The van der Waals surface area contributed by atoms with Crippen molar-refractivity contribution in [2.24, 2.45) is 0 Å². The van der Waals surface area contributed by atoms with E-state index in [2.05, 4.69) is 5.32 Å². The van der Waals surface area contributed by atoms with Crippen LogP contribution in [-0.4, -0.2) is 297 Å².